The van der Waals surface area contributed by atoms with E-state index in [1.54, 1.807) is 0 Å². The maximum Gasteiger partial charge on any atom is 0.334 e. The Morgan fingerprint density at radius 1 is 0.829 bits per heavy atom. The summed E-state index contributed by atoms with van der Waals surface area (Å²) in [7, 11) is 0. The molecule has 3 aromatic rings. The predicted molar refractivity (Wildman–Crippen MR) is 133 cm³/mol. The number of carbonyl (C=O) groups excluding carboxylic acids is 1. The molecule has 0 bridgehead atoms. The highest BCUT2D eigenvalue weighted by molar-refractivity contribution is 5.87. The van der Waals surface area contributed by atoms with Gasteiger partial charge in [0.05, 0.1) is 6.54 Å². The smallest absolute Gasteiger partial charge is 0.334 e. The number of aliphatic hydroxyl groups excluding tert-OH is 1. The lowest BCUT2D eigenvalue weighted by Gasteiger charge is -2.27. The zero-order chi connectivity index (χ0) is 25.5. The minimum atomic E-state index is -1.76. The molecule has 0 aliphatic carbocycles. The monoisotopic (exact) mass is 478 g/mol. The quantitative estimate of drug-likeness (QED) is 0.353. The number of aliphatic carboxylic acids is 2. The van der Waals surface area contributed by atoms with E-state index in [2.05, 4.69) is 17.4 Å². The van der Waals surface area contributed by atoms with Gasteiger partial charge in [-0.25, -0.2) is 14.4 Å². The molecule has 0 saturated heterocycles. The lowest BCUT2D eigenvalue weighted by atomic mass is 9.98. The molecule has 1 unspecified atom stereocenters. The van der Waals surface area contributed by atoms with Crippen molar-refractivity contribution in [2.24, 2.45) is 5.92 Å². The number of amides is 2. The molecule has 2 atom stereocenters. The second-order valence-corrected chi connectivity index (χ2v) is 8.96. The summed E-state index contributed by atoms with van der Waals surface area (Å²) in [5, 5.41) is 33.1. The Morgan fingerprint density at radius 3 is 2.06 bits per heavy atom. The molecule has 0 fully saturated rings. The number of nitrogens with zero attached hydrogens (tertiary/aromatic N) is 1. The molecule has 3 rings (SSSR count). The number of carboxylic acid groups (broad SMARTS) is 2. The summed E-state index contributed by atoms with van der Waals surface area (Å²) in [6.45, 7) is 3.40. The SMILES string of the molecule is CC(C)CN(CC(O)C(=O)O)C(=O)N[C@@H](Cc1ccc(-c2ccc3ccccc3c2)cc1)C(=O)O. The highest BCUT2D eigenvalue weighted by atomic mass is 16.4. The Kier molecular flexibility index (Phi) is 8.43. The minimum absolute atomic E-state index is 0.00678. The molecule has 0 spiro atoms. The zero-order valence-electron chi connectivity index (χ0n) is 19.7. The number of hydrogen-bond acceptors (Lipinski definition) is 4. The number of carboxylic acids is 2. The van der Waals surface area contributed by atoms with Gasteiger partial charge in [-0.3, -0.25) is 0 Å². The van der Waals surface area contributed by atoms with E-state index < -0.39 is 36.7 Å². The van der Waals surface area contributed by atoms with E-state index in [-0.39, 0.29) is 18.9 Å². The Morgan fingerprint density at radius 2 is 1.46 bits per heavy atom. The summed E-state index contributed by atoms with van der Waals surface area (Å²) in [5.41, 5.74) is 2.75. The molecule has 8 nitrogen and oxygen atoms in total. The fraction of sp³-hybridized carbons (Fsp3) is 0.296. The van der Waals surface area contributed by atoms with Crippen molar-refractivity contribution in [3.63, 3.8) is 0 Å². The van der Waals surface area contributed by atoms with Crippen LogP contribution in [0.3, 0.4) is 0 Å². The van der Waals surface area contributed by atoms with E-state index in [0.717, 1.165) is 32.4 Å². The van der Waals surface area contributed by atoms with E-state index in [0.29, 0.717) is 0 Å². The van der Waals surface area contributed by atoms with E-state index >= 15 is 0 Å². The van der Waals surface area contributed by atoms with Crippen molar-refractivity contribution in [1.82, 2.24) is 10.2 Å². The van der Waals surface area contributed by atoms with Gasteiger partial charge in [-0.15, -0.1) is 0 Å². The maximum atomic E-state index is 12.7. The van der Waals surface area contributed by atoms with Gasteiger partial charge in [-0.05, 0) is 39.4 Å². The lowest BCUT2D eigenvalue weighted by Crippen LogP contribution is -2.52. The van der Waals surface area contributed by atoms with E-state index in [9.17, 15) is 24.6 Å². The Bertz CT molecular complexity index is 1190. The molecular formula is C27H30N2O6. The summed E-state index contributed by atoms with van der Waals surface area (Å²) < 4.78 is 0. The first-order chi connectivity index (χ1) is 16.6. The Balaban J connectivity index is 1.71. The highest BCUT2D eigenvalue weighted by Gasteiger charge is 2.27. The molecule has 0 saturated carbocycles. The number of carbonyl (C=O) groups is 3. The van der Waals surface area contributed by atoms with Gasteiger partial charge in [0.2, 0.25) is 0 Å². The van der Waals surface area contributed by atoms with Gasteiger partial charge in [0.1, 0.15) is 6.04 Å². The van der Waals surface area contributed by atoms with Crippen LogP contribution < -0.4 is 5.32 Å². The van der Waals surface area contributed by atoms with Crippen molar-refractivity contribution in [3.05, 3.63) is 72.3 Å². The number of benzene rings is 3. The van der Waals surface area contributed by atoms with Crippen LogP contribution >= 0.6 is 0 Å². The number of hydrogen-bond donors (Lipinski definition) is 4. The normalized spacial score (nSPS) is 12.8. The van der Waals surface area contributed by atoms with Crippen LogP contribution in [0.2, 0.25) is 0 Å². The Labute approximate surface area is 203 Å². The van der Waals surface area contributed by atoms with Crippen molar-refractivity contribution in [1.29, 1.82) is 0 Å². The van der Waals surface area contributed by atoms with Crippen LogP contribution in [0.15, 0.2) is 66.7 Å². The molecular weight excluding hydrogens is 448 g/mol. The second-order valence-electron chi connectivity index (χ2n) is 8.96. The third-order valence-corrected chi connectivity index (χ3v) is 5.62. The van der Waals surface area contributed by atoms with Crippen LogP contribution in [-0.2, 0) is 16.0 Å². The molecule has 0 aromatic heterocycles. The minimum Gasteiger partial charge on any atom is -0.480 e. The van der Waals surface area contributed by atoms with E-state index in [4.69, 9.17) is 5.11 Å². The van der Waals surface area contributed by atoms with Crippen LogP contribution in [0.1, 0.15) is 19.4 Å². The summed E-state index contributed by atoms with van der Waals surface area (Å²) in [4.78, 5) is 36.7. The number of nitrogens with one attached hydrogen (secondary N) is 1. The van der Waals surface area contributed by atoms with Crippen molar-refractivity contribution in [2.75, 3.05) is 13.1 Å². The third kappa shape index (κ3) is 7.04. The van der Waals surface area contributed by atoms with Crippen LogP contribution in [0.5, 0.6) is 0 Å². The molecule has 0 aliphatic heterocycles. The first kappa shape index (κ1) is 25.7. The summed E-state index contributed by atoms with van der Waals surface area (Å²) >= 11 is 0. The topological polar surface area (TPSA) is 127 Å². The standard InChI is InChI=1S/C27H30N2O6/c1-17(2)15-29(16-24(30)26(33)34)27(35)28-23(25(31)32)13-18-7-9-20(10-8-18)22-12-11-19-5-3-4-6-21(19)14-22/h3-12,14,17,23-24,30H,13,15-16H2,1-2H3,(H,28,35)(H,31,32)(H,33,34)/t23-,24?/m0/s1. The molecule has 0 heterocycles. The van der Waals surface area contributed by atoms with Crippen LogP contribution in [-0.4, -0.2) is 63.4 Å². The summed E-state index contributed by atoms with van der Waals surface area (Å²) in [6, 6.07) is 19.8. The van der Waals surface area contributed by atoms with Gasteiger partial charge in [-0.1, -0.05) is 74.5 Å². The van der Waals surface area contributed by atoms with Gasteiger partial charge in [0, 0.05) is 13.0 Å². The molecule has 2 amide bonds. The average molecular weight is 479 g/mol. The van der Waals surface area contributed by atoms with Crippen molar-refractivity contribution in [3.8, 4) is 11.1 Å². The van der Waals surface area contributed by atoms with Crippen molar-refractivity contribution < 1.29 is 29.7 Å². The number of urea groups is 1. The first-order valence-electron chi connectivity index (χ1n) is 11.4. The molecule has 3 aromatic carbocycles. The largest absolute Gasteiger partial charge is 0.480 e. The van der Waals surface area contributed by atoms with E-state index in [1.807, 2.05) is 68.4 Å². The van der Waals surface area contributed by atoms with Gasteiger partial charge in [0.15, 0.2) is 6.10 Å². The maximum absolute atomic E-state index is 12.7. The predicted octanol–water partition coefficient (Wildman–Crippen LogP) is 3.62. The Hall–Kier alpha value is -3.91. The molecule has 4 N–H and O–H groups in total. The van der Waals surface area contributed by atoms with Crippen LogP contribution in [0.25, 0.3) is 21.9 Å². The number of rotatable bonds is 10. The lowest BCUT2D eigenvalue weighted by molar-refractivity contribution is -0.147. The first-order valence-corrected chi connectivity index (χ1v) is 11.4. The summed E-state index contributed by atoms with van der Waals surface area (Å²) in [5.74, 6) is -2.67. The van der Waals surface area contributed by atoms with Gasteiger partial charge in [-0.2, -0.15) is 0 Å². The fourth-order valence-corrected chi connectivity index (χ4v) is 3.85. The fourth-order valence-electron chi connectivity index (χ4n) is 3.85. The van der Waals surface area contributed by atoms with Crippen molar-refractivity contribution >= 4 is 28.7 Å². The van der Waals surface area contributed by atoms with Crippen LogP contribution in [0.4, 0.5) is 4.79 Å². The third-order valence-electron chi connectivity index (χ3n) is 5.62. The van der Waals surface area contributed by atoms with Crippen molar-refractivity contribution in [2.45, 2.75) is 32.4 Å². The molecule has 0 aliphatic rings. The van der Waals surface area contributed by atoms with Crippen LogP contribution in [0, 0.1) is 5.92 Å². The molecule has 8 heteroatoms. The summed E-state index contributed by atoms with van der Waals surface area (Å²) in [6.07, 6.45) is -1.71. The molecule has 0 radical (unpaired) electrons. The highest BCUT2D eigenvalue weighted by Crippen LogP contribution is 2.25. The number of aliphatic hydroxyl groups is 1. The van der Waals surface area contributed by atoms with Gasteiger partial charge < -0.3 is 25.5 Å². The molecule has 184 valence electrons. The van der Waals surface area contributed by atoms with Gasteiger partial charge in [0.25, 0.3) is 0 Å². The van der Waals surface area contributed by atoms with Gasteiger partial charge >= 0.3 is 18.0 Å². The zero-order valence-corrected chi connectivity index (χ0v) is 19.7. The number of fused-ring (bicyclic) bond motifs is 1. The average Bonchev–Trinajstić information content (AvgIpc) is 2.82. The second kappa shape index (κ2) is 11.5. The molecule has 35 heavy (non-hydrogen) atoms. The van der Waals surface area contributed by atoms with E-state index in [1.165, 1.54) is 0 Å².